The van der Waals surface area contributed by atoms with Gasteiger partial charge in [0.2, 0.25) is 0 Å². The molecule has 2 atom stereocenters. The highest BCUT2D eigenvalue weighted by Gasteiger charge is 2.16. The number of hydrogen-bond acceptors (Lipinski definition) is 2. The van der Waals surface area contributed by atoms with Crippen LogP contribution < -0.4 is 10.6 Å². The molecular weight excluding hydrogens is 208 g/mol. The van der Waals surface area contributed by atoms with Gasteiger partial charge in [0.25, 0.3) is 0 Å². The second-order valence-electron chi connectivity index (χ2n) is 5.13. The van der Waals surface area contributed by atoms with E-state index in [9.17, 15) is 0 Å². The predicted octanol–water partition coefficient (Wildman–Crippen LogP) is 3.19. The van der Waals surface area contributed by atoms with Crippen LogP contribution in [0.1, 0.15) is 38.7 Å². The van der Waals surface area contributed by atoms with Gasteiger partial charge in [-0.1, -0.05) is 19.1 Å². The van der Waals surface area contributed by atoms with Crippen molar-refractivity contribution < 1.29 is 0 Å². The molecule has 0 aliphatic carbocycles. The third kappa shape index (κ3) is 3.74. The van der Waals surface area contributed by atoms with Gasteiger partial charge in [0.1, 0.15) is 0 Å². The Balaban J connectivity index is 1.85. The van der Waals surface area contributed by atoms with Gasteiger partial charge >= 0.3 is 0 Å². The summed E-state index contributed by atoms with van der Waals surface area (Å²) in [6, 6.07) is 10.0. The van der Waals surface area contributed by atoms with Gasteiger partial charge in [-0.25, -0.2) is 0 Å². The van der Waals surface area contributed by atoms with E-state index in [2.05, 4.69) is 48.7 Å². The summed E-state index contributed by atoms with van der Waals surface area (Å²) in [6.45, 7) is 5.67. The van der Waals surface area contributed by atoms with Gasteiger partial charge in [0.15, 0.2) is 0 Å². The van der Waals surface area contributed by atoms with Crippen LogP contribution in [0.15, 0.2) is 24.3 Å². The van der Waals surface area contributed by atoms with Crippen molar-refractivity contribution in [2.45, 2.75) is 51.6 Å². The van der Waals surface area contributed by atoms with Crippen molar-refractivity contribution in [3.8, 4) is 0 Å². The summed E-state index contributed by atoms with van der Waals surface area (Å²) in [5.74, 6) is 0. The Hall–Kier alpha value is -1.02. The van der Waals surface area contributed by atoms with Crippen LogP contribution in [-0.2, 0) is 6.42 Å². The fourth-order valence-corrected chi connectivity index (χ4v) is 2.61. The molecule has 1 fully saturated rings. The van der Waals surface area contributed by atoms with Crippen molar-refractivity contribution in [2.24, 2.45) is 0 Å². The van der Waals surface area contributed by atoms with Crippen molar-refractivity contribution in [3.63, 3.8) is 0 Å². The number of rotatable bonds is 5. The Kier molecular flexibility index (Phi) is 4.43. The maximum absolute atomic E-state index is 3.60. The molecule has 1 aliphatic heterocycles. The maximum atomic E-state index is 3.60. The summed E-state index contributed by atoms with van der Waals surface area (Å²) in [6.07, 6.45) is 4.99. The standard InChI is InChI=1S/C15H24N2/c1-3-13-6-4-7-15(11-13)17-12(2)10-14-8-5-9-16-14/h4,6-7,11-12,14,16-17H,3,5,8-10H2,1-2H3. The van der Waals surface area contributed by atoms with E-state index in [-0.39, 0.29) is 0 Å². The summed E-state index contributed by atoms with van der Waals surface area (Å²) < 4.78 is 0. The number of nitrogens with one attached hydrogen (secondary N) is 2. The van der Waals surface area contributed by atoms with E-state index in [4.69, 9.17) is 0 Å². The molecule has 0 amide bonds. The summed E-state index contributed by atoms with van der Waals surface area (Å²) in [4.78, 5) is 0. The van der Waals surface area contributed by atoms with Crippen molar-refractivity contribution in [1.82, 2.24) is 5.32 Å². The molecule has 0 bridgehead atoms. The van der Waals surface area contributed by atoms with Crippen molar-refractivity contribution in [3.05, 3.63) is 29.8 Å². The first-order valence-corrected chi connectivity index (χ1v) is 6.87. The Morgan fingerprint density at radius 3 is 3.06 bits per heavy atom. The minimum absolute atomic E-state index is 0.540. The number of anilines is 1. The minimum Gasteiger partial charge on any atom is -0.383 e. The predicted molar refractivity (Wildman–Crippen MR) is 74.5 cm³/mol. The van der Waals surface area contributed by atoms with Gasteiger partial charge in [0, 0.05) is 17.8 Å². The van der Waals surface area contributed by atoms with E-state index in [0.717, 1.165) is 6.42 Å². The van der Waals surface area contributed by atoms with Crippen LogP contribution in [-0.4, -0.2) is 18.6 Å². The fourth-order valence-electron chi connectivity index (χ4n) is 2.61. The number of hydrogen-bond donors (Lipinski definition) is 2. The molecular formula is C15H24N2. The lowest BCUT2D eigenvalue weighted by atomic mass is 10.1. The van der Waals surface area contributed by atoms with Gasteiger partial charge in [-0.3, -0.25) is 0 Å². The van der Waals surface area contributed by atoms with Crippen molar-refractivity contribution in [2.75, 3.05) is 11.9 Å². The lowest BCUT2D eigenvalue weighted by Gasteiger charge is -2.19. The number of benzene rings is 1. The average Bonchev–Trinajstić information content (AvgIpc) is 2.82. The van der Waals surface area contributed by atoms with E-state index in [1.165, 1.54) is 37.1 Å². The summed E-state index contributed by atoms with van der Waals surface area (Å²) >= 11 is 0. The molecule has 1 heterocycles. The van der Waals surface area contributed by atoms with Crippen LogP contribution in [0, 0.1) is 0 Å². The molecule has 17 heavy (non-hydrogen) atoms. The van der Waals surface area contributed by atoms with E-state index in [0.29, 0.717) is 12.1 Å². The van der Waals surface area contributed by atoms with Crippen molar-refractivity contribution >= 4 is 5.69 Å². The molecule has 1 aromatic rings. The first kappa shape index (κ1) is 12.4. The molecule has 2 unspecified atom stereocenters. The normalized spacial score (nSPS) is 21.4. The molecule has 94 valence electrons. The third-order valence-corrected chi connectivity index (χ3v) is 3.55. The Morgan fingerprint density at radius 2 is 2.35 bits per heavy atom. The van der Waals surface area contributed by atoms with Crippen LogP contribution in [0.2, 0.25) is 0 Å². The first-order valence-electron chi connectivity index (χ1n) is 6.87. The lowest BCUT2D eigenvalue weighted by molar-refractivity contribution is 0.523. The van der Waals surface area contributed by atoms with Crippen LogP contribution >= 0.6 is 0 Å². The van der Waals surface area contributed by atoms with Crippen LogP contribution in [0.5, 0.6) is 0 Å². The lowest BCUT2D eigenvalue weighted by Crippen LogP contribution is -2.29. The number of aryl methyl sites for hydroxylation is 1. The van der Waals surface area contributed by atoms with Gasteiger partial charge < -0.3 is 10.6 Å². The SMILES string of the molecule is CCc1cccc(NC(C)CC2CCCN2)c1. The Morgan fingerprint density at radius 1 is 1.47 bits per heavy atom. The molecule has 0 saturated carbocycles. The van der Waals surface area contributed by atoms with E-state index in [1.54, 1.807) is 0 Å². The molecule has 2 nitrogen and oxygen atoms in total. The Bertz CT molecular complexity index is 343. The zero-order valence-corrected chi connectivity index (χ0v) is 11.0. The average molecular weight is 232 g/mol. The van der Waals surface area contributed by atoms with Gasteiger partial charge in [-0.2, -0.15) is 0 Å². The quantitative estimate of drug-likeness (QED) is 0.814. The maximum Gasteiger partial charge on any atom is 0.0344 e. The van der Waals surface area contributed by atoms with E-state index < -0.39 is 0 Å². The fraction of sp³-hybridized carbons (Fsp3) is 0.600. The second-order valence-corrected chi connectivity index (χ2v) is 5.13. The largest absolute Gasteiger partial charge is 0.383 e. The molecule has 2 N–H and O–H groups in total. The zero-order chi connectivity index (χ0) is 12.1. The summed E-state index contributed by atoms with van der Waals surface area (Å²) in [5.41, 5.74) is 2.66. The first-order chi connectivity index (χ1) is 8.28. The van der Waals surface area contributed by atoms with E-state index >= 15 is 0 Å². The molecule has 2 heteroatoms. The minimum atomic E-state index is 0.540. The van der Waals surface area contributed by atoms with Crippen LogP contribution in [0.4, 0.5) is 5.69 Å². The van der Waals surface area contributed by atoms with Crippen LogP contribution in [0.25, 0.3) is 0 Å². The summed E-state index contributed by atoms with van der Waals surface area (Å²) in [7, 11) is 0. The van der Waals surface area contributed by atoms with Crippen LogP contribution in [0.3, 0.4) is 0 Å². The third-order valence-electron chi connectivity index (χ3n) is 3.55. The molecule has 0 spiro atoms. The van der Waals surface area contributed by atoms with Gasteiger partial charge in [-0.15, -0.1) is 0 Å². The molecule has 1 aromatic carbocycles. The smallest absolute Gasteiger partial charge is 0.0344 e. The molecule has 2 rings (SSSR count). The molecule has 1 aliphatic rings. The highest BCUT2D eigenvalue weighted by molar-refractivity contribution is 5.46. The highest BCUT2D eigenvalue weighted by atomic mass is 15.0. The topological polar surface area (TPSA) is 24.1 Å². The highest BCUT2D eigenvalue weighted by Crippen LogP contribution is 2.16. The second kappa shape index (κ2) is 6.06. The van der Waals surface area contributed by atoms with Crippen molar-refractivity contribution in [1.29, 1.82) is 0 Å². The van der Waals surface area contributed by atoms with Gasteiger partial charge in [0.05, 0.1) is 0 Å². The Labute approximate surface area is 105 Å². The van der Waals surface area contributed by atoms with E-state index in [1.807, 2.05) is 0 Å². The summed E-state index contributed by atoms with van der Waals surface area (Å²) in [5, 5.41) is 7.16. The molecule has 0 radical (unpaired) electrons. The van der Waals surface area contributed by atoms with Gasteiger partial charge in [-0.05, 0) is 56.8 Å². The molecule has 0 aromatic heterocycles. The zero-order valence-electron chi connectivity index (χ0n) is 11.0. The molecule has 1 saturated heterocycles. The monoisotopic (exact) mass is 232 g/mol.